The Hall–Kier alpha value is -3.39. The maximum atomic E-state index is 13.9. The van der Waals surface area contributed by atoms with Crippen LogP contribution in [0.15, 0.2) is 48.9 Å². The largest absolute Gasteiger partial charge is 0.490 e. The third-order valence-corrected chi connectivity index (χ3v) is 8.30. The Kier molecular flexibility index (Phi) is 7.06. The molecule has 0 amide bonds. The summed E-state index contributed by atoms with van der Waals surface area (Å²) < 4.78 is 32.7. The van der Waals surface area contributed by atoms with Crippen molar-refractivity contribution >= 4 is 27.7 Å². The Morgan fingerprint density at radius 2 is 1.95 bits per heavy atom. The van der Waals surface area contributed by atoms with Gasteiger partial charge < -0.3 is 9.72 Å². The summed E-state index contributed by atoms with van der Waals surface area (Å²) in [5, 5.41) is 2.28. The van der Waals surface area contributed by atoms with Gasteiger partial charge in [0.1, 0.15) is 17.2 Å². The van der Waals surface area contributed by atoms with Gasteiger partial charge in [0.05, 0.1) is 24.9 Å². The van der Waals surface area contributed by atoms with E-state index < -0.39 is 11.6 Å². The van der Waals surface area contributed by atoms with E-state index in [1.165, 1.54) is 23.1 Å². The van der Waals surface area contributed by atoms with Gasteiger partial charge in [0.2, 0.25) is 0 Å². The molecule has 2 aliphatic rings. The van der Waals surface area contributed by atoms with Crippen LogP contribution in [-0.4, -0.2) is 51.9 Å². The number of halogens is 2. The SMILES string of the molecule is O=C(CN1CCCC(COc2ccc(F)cc2F)C1)C1CCC(c2ccnc3cnc4[nH]ccc4c23)CC1. The topological polar surface area (TPSA) is 71.1 Å². The van der Waals surface area contributed by atoms with Crippen LogP contribution in [0.25, 0.3) is 21.9 Å². The maximum absolute atomic E-state index is 13.9. The fraction of sp³-hybridized carbons (Fsp3) is 0.433. The quantitative estimate of drug-likeness (QED) is 0.324. The summed E-state index contributed by atoms with van der Waals surface area (Å²) in [4.78, 5) is 27.7. The molecule has 1 aromatic carbocycles. The highest BCUT2D eigenvalue weighted by atomic mass is 19.1. The number of aromatic nitrogens is 3. The molecule has 4 aromatic rings. The van der Waals surface area contributed by atoms with Crippen LogP contribution in [0.5, 0.6) is 5.75 Å². The van der Waals surface area contributed by atoms with Gasteiger partial charge in [0, 0.05) is 47.6 Å². The Labute approximate surface area is 220 Å². The van der Waals surface area contributed by atoms with Crippen LogP contribution in [0.3, 0.4) is 0 Å². The molecule has 1 unspecified atom stereocenters. The number of pyridine rings is 2. The zero-order valence-electron chi connectivity index (χ0n) is 21.3. The lowest BCUT2D eigenvalue weighted by Crippen LogP contribution is -2.42. The zero-order valence-corrected chi connectivity index (χ0v) is 21.3. The maximum Gasteiger partial charge on any atom is 0.167 e. The molecule has 1 atom stereocenters. The summed E-state index contributed by atoms with van der Waals surface area (Å²) >= 11 is 0. The number of H-pyrrole nitrogens is 1. The predicted octanol–water partition coefficient (Wildman–Crippen LogP) is 6.02. The first-order valence-corrected chi connectivity index (χ1v) is 13.6. The third kappa shape index (κ3) is 5.14. The van der Waals surface area contributed by atoms with Crippen LogP contribution in [-0.2, 0) is 4.79 Å². The minimum absolute atomic E-state index is 0.0758. The van der Waals surface area contributed by atoms with Gasteiger partial charge >= 0.3 is 0 Å². The van der Waals surface area contributed by atoms with Crippen molar-refractivity contribution in [1.82, 2.24) is 19.9 Å². The van der Waals surface area contributed by atoms with Crippen molar-refractivity contribution in [3.05, 3.63) is 66.1 Å². The molecule has 1 saturated carbocycles. The fourth-order valence-corrected chi connectivity index (χ4v) is 6.33. The number of carbonyl (C=O) groups excluding carboxylic acids is 1. The minimum Gasteiger partial charge on any atom is -0.490 e. The molecule has 38 heavy (non-hydrogen) atoms. The van der Waals surface area contributed by atoms with Crippen molar-refractivity contribution in [3.8, 4) is 5.75 Å². The molecule has 1 saturated heterocycles. The fourth-order valence-electron chi connectivity index (χ4n) is 6.33. The van der Waals surface area contributed by atoms with Gasteiger partial charge in [0.25, 0.3) is 0 Å². The van der Waals surface area contributed by atoms with E-state index >= 15 is 0 Å². The first-order chi connectivity index (χ1) is 18.5. The van der Waals surface area contributed by atoms with Crippen molar-refractivity contribution in [2.75, 3.05) is 26.2 Å². The van der Waals surface area contributed by atoms with E-state index in [0.717, 1.165) is 74.2 Å². The number of rotatable bonds is 7. The molecule has 0 bridgehead atoms. The predicted molar refractivity (Wildman–Crippen MR) is 142 cm³/mol. The third-order valence-electron chi connectivity index (χ3n) is 8.30. The van der Waals surface area contributed by atoms with Crippen LogP contribution in [0.1, 0.15) is 50.0 Å². The van der Waals surface area contributed by atoms with Crippen molar-refractivity contribution in [3.63, 3.8) is 0 Å². The smallest absolute Gasteiger partial charge is 0.167 e. The number of nitrogens with one attached hydrogen (secondary N) is 1. The second-order valence-electron chi connectivity index (χ2n) is 10.8. The van der Waals surface area contributed by atoms with Crippen molar-refractivity contribution in [2.24, 2.45) is 11.8 Å². The first kappa shape index (κ1) is 24.9. The summed E-state index contributed by atoms with van der Waals surface area (Å²) in [6.45, 7) is 2.48. The highest BCUT2D eigenvalue weighted by molar-refractivity contribution is 6.05. The molecule has 8 heteroatoms. The highest BCUT2D eigenvalue weighted by Crippen LogP contribution is 2.40. The Balaban J connectivity index is 1.04. The minimum atomic E-state index is -0.683. The Morgan fingerprint density at radius 3 is 2.79 bits per heavy atom. The molecule has 1 aliphatic heterocycles. The molecular weight excluding hydrogens is 486 g/mol. The van der Waals surface area contributed by atoms with Gasteiger partial charge in [-0.3, -0.25) is 14.7 Å². The number of benzene rings is 1. The molecule has 3 aromatic heterocycles. The van der Waals surface area contributed by atoms with Crippen LogP contribution in [0.4, 0.5) is 8.78 Å². The van der Waals surface area contributed by atoms with Gasteiger partial charge in [-0.15, -0.1) is 0 Å². The molecule has 0 spiro atoms. The van der Waals surface area contributed by atoms with Crippen molar-refractivity contribution < 1.29 is 18.3 Å². The number of ether oxygens (including phenoxy) is 1. The number of carbonyl (C=O) groups is 1. The molecule has 6 rings (SSSR count). The molecule has 2 fully saturated rings. The lowest BCUT2D eigenvalue weighted by molar-refractivity contribution is -0.125. The van der Waals surface area contributed by atoms with E-state index in [9.17, 15) is 13.6 Å². The number of nitrogens with zero attached hydrogens (tertiary/aromatic N) is 3. The normalized spacial score (nSPS) is 22.6. The summed E-state index contributed by atoms with van der Waals surface area (Å²) in [7, 11) is 0. The molecule has 4 heterocycles. The van der Waals surface area contributed by atoms with E-state index in [0.29, 0.717) is 24.9 Å². The summed E-state index contributed by atoms with van der Waals surface area (Å²) in [6, 6.07) is 7.57. The second-order valence-corrected chi connectivity index (χ2v) is 10.8. The summed E-state index contributed by atoms with van der Waals surface area (Å²) in [5.41, 5.74) is 3.10. The summed E-state index contributed by atoms with van der Waals surface area (Å²) in [5.74, 6) is -0.172. The van der Waals surface area contributed by atoms with Crippen LogP contribution in [0, 0.1) is 23.5 Å². The molecule has 0 radical (unpaired) electrons. The van der Waals surface area contributed by atoms with E-state index in [2.05, 4.69) is 32.0 Å². The van der Waals surface area contributed by atoms with Crippen LogP contribution >= 0.6 is 0 Å². The van der Waals surface area contributed by atoms with Crippen molar-refractivity contribution in [2.45, 2.75) is 44.4 Å². The number of Topliss-reactive ketones (excluding diaryl/α,β-unsaturated/α-hetero) is 1. The van der Waals surface area contributed by atoms with Gasteiger partial charge in [-0.25, -0.2) is 13.8 Å². The average molecular weight is 519 g/mol. The number of fused-ring (bicyclic) bond motifs is 3. The van der Waals surface area contributed by atoms with Crippen molar-refractivity contribution in [1.29, 1.82) is 0 Å². The van der Waals surface area contributed by atoms with E-state index in [1.807, 2.05) is 18.6 Å². The number of ketones is 1. The lowest BCUT2D eigenvalue weighted by atomic mass is 9.76. The molecule has 1 aliphatic carbocycles. The Morgan fingerprint density at radius 1 is 1.08 bits per heavy atom. The summed E-state index contributed by atoms with van der Waals surface area (Å²) in [6.07, 6.45) is 11.4. The number of aromatic amines is 1. The van der Waals surface area contributed by atoms with Crippen LogP contribution in [0.2, 0.25) is 0 Å². The molecular formula is C30H32F2N4O2. The molecule has 198 valence electrons. The van der Waals surface area contributed by atoms with Gasteiger partial charge in [-0.2, -0.15) is 0 Å². The standard InChI is InChI=1S/C30H32F2N4O2/c31-22-7-8-28(25(32)14-22)38-18-19-2-1-13-36(16-19)17-27(37)21-5-3-20(4-6-21)23-9-11-33-26-15-35-30-24(29(23)26)10-12-34-30/h7-12,14-15,19-21H,1-6,13,16-18H2,(H,34,35). The van der Waals surface area contributed by atoms with Gasteiger partial charge in [-0.1, -0.05) is 0 Å². The van der Waals surface area contributed by atoms with E-state index in [4.69, 9.17) is 4.74 Å². The Bertz CT molecular complexity index is 1450. The number of hydrogen-bond donors (Lipinski definition) is 1. The lowest BCUT2D eigenvalue weighted by Gasteiger charge is -2.34. The highest BCUT2D eigenvalue weighted by Gasteiger charge is 2.30. The number of hydrogen-bond acceptors (Lipinski definition) is 5. The van der Waals surface area contributed by atoms with Gasteiger partial charge in [-0.05, 0) is 80.8 Å². The zero-order chi connectivity index (χ0) is 26.1. The molecule has 6 nitrogen and oxygen atoms in total. The van der Waals surface area contributed by atoms with E-state index in [-0.39, 0.29) is 17.6 Å². The van der Waals surface area contributed by atoms with Crippen LogP contribution < -0.4 is 4.74 Å². The average Bonchev–Trinajstić information content (AvgIpc) is 3.42. The molecule has 1 N–H and O–H groups in total. The van der Waals surface area contributed by atoms with E-state index in [1.54, 1.807) is 0 Å². The van der Waals surface area contributed by atoms with Gasteiger partial charge in [0.15, 0.2) is 11.6 Å². The monoisotopic (exact) mass is 518 g/mol. The number of likely N-dealkylation sites (tertiary alicyclic amines) is 1. The first-order valence-electron chi connectivity index (χ1n) is 13.6. The number of piperidine rings is 1. The second kappa shape index (κ2) is 10.8.